The number of benzene rings is 1. The van der Waals surface area contributed by atoms with E-state index in [0.717, 1.165) is 11.9 Å². The van der Waals surface area contributed by atoms with Crippen LogP contribution in [0.15, 0.2) is 47.7 Å². The van der Waals surface area contributed by atoms with Crippen LogP contribution in [0.2, 0.25) is 5.02 Å². The summed E-state index contributed by atoms with van der Waals surface area (Å²) >= 11 is 6.03. The van der Waals surface area contributed by atoms with Gasteiger partial charge in [0.25, 0.3) is 0 Å². The van der Waals surface area contributed by atoms with E-state index in [1.54, 1.807) is 18.2 Å². The van der Waals surface area contributed by atoms with Gasteiger partial charge in [-0.15, -0.1) is 0 Å². The second-order valence-corrected chi connectivity index (χ2v) is 7.20. The molecule has 1 saturated heterocycles. The average Bonchev–Trinajstić information content (AvgIpc) is 2.81. The van der Waals surface area contributed by atoms with Gasteiger partial charge in [-0.25, -0.2) is 19.8 Å². The Balaban J connectivity index is 1.44. The Morgan fingerprint density at radius 1 is 1.22 bits per heavy atom. The molecule has 4 rings (SSSR count). The van der Waals surface area contributed by atoms with Crippen molar-refractivity contribution in [3.05, 3.63) is 59.1 Å². The Morgan fingerprint density at radius 2 is 2.06 bits per heavy atom. The highest BCUT2D eigenvalue weighted by Gasteiger charge is 2.17. The molecule has 166 valence electrons. The van der Waals surface area contributed by atoms with E-state index in [-0.39, 0.29) is 11.8 Å². The van der Waals surface area contributed by atoms with Gasteiger partial charge < -0.3 is 19.7 Å². The van der Waals surface area contributed by atoms with E-state index in [1.807, 2.05) is 23.1 Å². The lowest BCUT2D eigenvalue weighted by Gasteiger charge is -2.27. The van der Waals surface area contributed by atoms with Crippen molar-refractivity contribution in [3.63, 3.8) is 0 Å². The van der Waals surface area contributed by atoms with Crippen LogP contribution in [0.3, 0.4) is 0 Å². The number of ether oxygens (including phenoxy) is 2. The molecule has 3 aromatic rings. The molecule has 11 heteroatoms. The Morgan fingerprint density at radius 3 is 2.84 bits per heavy atom. The van der Waals surface area contributed by atoms with Crippen LogP contribution >= 0.6 is 11.6 Å². The number of hydrazone groups is 1. The van der Waals surface area contributed by atoms with E-state index >= 15 is 0 Å². The minimum Gasteiger partial charge on any atom is -0.480 e. The van der Waals surface area contributed by atoms with Crippen molar-refractivity contribution < 1.29 is 13.9 Å². The number of nitrogens with zero attached hydrogens (tertiary/aromatic N) is 5. The summed E-state index contributed by atoms with van der Waals surface area (Å²) in [6.07, 6.45) is 2.61. The predicted molar refractivity (Wildman–Crippen MR) is 122 cm³/mol. The highest BCUT2D eigenvalue weighted by molar-refractivity contribution is 6.30. The molecule has 0 saturated carbocycles. The van der Waals surface area contributed by atoms with Gasteiger partial charge in [0.2, 0.25) is 11.8 Å². The number of nitrogens with one attached hydrogen (secondary N) is 2. The van der Waals surface area contributed by atoms with Crippen LogP contribution < -0.4 is 20.4 Å². The fraction of sp³-hybridized carbons (Fsp3) is 0.238. The third kappa shape index (κ3) is 5.40. The quantitative estimate of drug-likeness (QED) is 0.409. The van der Waals surface area contributed by atoms with Gasteiger partial charge in [0.15, 0.2) is 11.6 Å². The van der Waals surface area contributed by atoms with E-state index in [4.69, 9.17) is 21.1 Å². The van der Waals surface area contributed by atoms with Crippen molar-refractivity contribution in [2.45, 2.75) is 0 Å². The fourth-order valence-electron chi connectivity index (χ4n) is 3.06. The van der Waals surface area contributed by atoms with Crippen LogP contribution in [0.25, 0.3) is 0 Å². The number of aromatic nitrogens is 3. The van der Waals surface area contributed by atoms with Crippen LogP contribution in [0.1, 0.15) is 5.69 Å². The number of anilines is 4. The van der Waals surface area contributed by atoms with Crippen molar-refractivity contribution in [1.82, 2.24) is 15.0 Å². The first-order chi connectivity index (χ1) is 15.6. The Hall–Kier alpha value is -3.50. The van der Waals surface area contributed by atoms with Gasteiger partial charge in [-0.3, -0.25) is 0 Å². The van der Waals surface area contributed by atoms with Crippen molar-refractivity contribution in [1.29, 1.82) is 0 Å². The lowest BCUT2D eigenvalue weighted by Crippen LogP contribution is -2.37. The number of hydrogen-bond acceptors (Lipinski definition) is 9. The maximum atomic E-state index is 14.1. The molecule has 0 atom stereocenters. The summed E-state index contributed by atoms with van der Waals surface area (Å²) in [5.74, 6) is 0.296. The highest BCUT2D eigenvalue weighted by Crippen LogP contribution is 2.27. The summed E-state index contributed by atoms with van der Waals surface area (Å²) in [7, 11) is 1.53. The van der Waals surface area contributed by atoms with E-state index in [1.165, 1.54) is 13.3 Å². The van der Waals surface area contributed by atoms with Gasteiger partial charge in [-0.1, -0.05) is 17.7 Å². The summed E-state index contributed by atoms with van der Waals surface area (Å²) in [5, 5.41) is 7.94. The normalized spacial score (nSPS) is 13.9. The molecule has 9 nitrogen and oxygen atoms in total. The van der Waals surface area contributed by atoms with Crippen molar-refractivity contribution in [2.24, 2.45) is 5.10 Å². The molecule has 32 heavy (non-hydrogen) atoms. The second-order valence-electron chi connectivity index (χ2n) is 6.76. The lowest BCUT2D eigenvalue weighted by molar-refractivity contribution is 0.122. The molecule has 0 bridgehead atoms. The number of halogens is 2. The van der Waals surface area contributed by atoms with E-state index in [2.05, 4.69) is 30.8 Å². The monoisotopic (exact) mass is 457 g/mol. The summed E-state index contributed by atoms with van der Waals surface area (Å²) in [6, 6.07) is 10.9. The Labute approximate surface area is 189 Å². The fourth-order valence-corrected chi connectivity index (χ4v) is 3.25. The molecule has 2 aromatic heterocycles. The zero-order valence-corrected chi connectivity index (χ0v) is 18.0. The standard InChI is InChI=1S/C21H21ClFN7O2/c1-31-20-18(26-15-4-2-3-14(22)11-15)6-5-16(27-20)12-25-29-21-24-13-17(23)19(28-21)30-7-9-32-10-8-30/h2-6,11-13,26H,7-10H2,1H3,(H,24,28,29)/b25-12+. The number of methoxy groups -OCH3 is 1. The molecular formula is C21H21ClFN7O2. The minimum atomic E-state index is -0.490. The number of rotatable bonds is 7. The second kappa shape index (κ2) is 10.2. The first kappa shape index (κ1) is 21.7. The van der Waals surface area contributed by atoms with E-state index in [9.17, 15) is 4.39 Å². The predicted octanol–water partition coefficient (Wildman–Crippen LogP) is 3.70. The summed E-state index contributed by atoms with van der Waals surface area (Å²) < 4.78 is 24.8. The SMILES string of the molecule is COc1nc(/C=N/Nc2ncc(F)c(N3CCOCC3)n2)ccc1Nc1cccc(Cl)c1. The van der Waals surface area contributed by atoms with Gasteiger partial charge >= 0.3 is 0 Å². The van der Waals surface area contributed by atoms with E-state index in [0.29, 0.717) is 48.6 Å². The first-order valence-electron chi connectivity index (χ1n) is 9.84. The number of morpholine rings is 1. The third-order valence-corrected chi connectivity index (χ3v) is 4.81. The number of hydrogen-bond donors (Lipinski definition) is 2. The van der Waals surface area contributed by atoms with Crippen molar-refractivity contribution in [2.75, 3.05) is 49.1 Å². The molecule has 0 spiro atoms. The molecule has 0 aliphatic carbocycles. The maximum Gasteiger partial charge on any atom is 0.245 e. The zero-order valence-electron chi connectivity index (χ0n) is 17.3. The Kier molecular flexibility index (Phi) is 6.93. The van der Waals surface area contributed by atoms with Crippen LogP contribution in [-0.4, -0.2) is 54.6 Å². The molecule has 1 aliphatic rings. The molecule has 0 unspecified atom stereocenters. The molecule has 1 fully saturated rings. The van der Waals surface area contributed by atoms with E-state index < -0.39 is 5.82 Å². The molecular weight excluding hydrogens is 437 g/mol. The number of pyridine rings is 1. The van der Waals surface area contributed by atoms with Gasteiger partial charge in [-0.2, -0.15) is 10.1 Å². The van der Waals surface area contributed by atoms with Crippen molar-refractivity contribution >= 4 is 41.0 Å². The van der Waals surface area contributed by atoms with Crippen LogP contribution in [0, 0.1) is 5.82 Å². The third-order valence-electron chi connectivity index (χ3n) is 4.58. The summed E-state index contributed by atoms with van der Waals surface area (Å²) in [5.41, 5.74) is 4.74. The Bertz CT molecular complexity index is 1110. The molecule has 0 radical (unpaired) electrons. The van der Waals surface area contributed by atoms with Crippen LogP contribution in [-0.2, 0) is 4.74 Å². The molecule has 3 heterocycles. The van der Waals surface area contributed by atoms with Gasteiger partial charge in [0.1, 0.15) is 5.69 Å². The molecule has 0 amide bonds. The minimum absolute atomic E-state index is 0.176. The zero-order chi connectivity index (χ0) is 22.3. The average molecular weight is 458 g/mol. The van der Waals surface area contributed by atoms with Gasteiger partial charge in [0, 0.05) is 23.8 Å². The van der Waals surface area contributed by atoms with Crippen molar-refractivity contribution in [3.8, 4) is 5.88 Å². The van der Waals surface area contributed by atoms with Gasteiger partial charge in [0.05, 0.1) is 38.4 Å². The topological polar surface area (TPSA) is 96.8 Å². The van der Waals surface area contributed by atoms with Crippen LogP contribution in [0.5, 0.6) is 5.88 Å². The lowest BCUT2D eigenvalue weighted by atomic mass is 10.3. The highest BCUT2D eigenvalue weighted by atomic mass is 35.5. The maximum absolute atomic E-state index is 14.1. The largest absolute Gasteiger partial charge is 0.480 e. The van der Waals surface area contributed by atoms with Crippen LogP contribution in [0.4, 0.5) is 27.5 Å². The molecule has 1 aliphatic heterocycles. The summed E-state index contributed by atoms with van der Waals surface area (Å²) in [6.45, 7) is 2.19. The summed E-state index contributed by atoms with van der Waals surface area (Å²) in [4.78, 5) is 14.4. The molecule has 1 aromatic carbocycles. The smallest absolute Gasteiger partial charge is 0.245 e. The first-order valence-corrected chi connectivity index (χ1v) is 10.2. The molecule has 2 N–H and O–H groups in total. The van der Waals surface area contributed by atoms with Gasteiger partial charge in [-0.05, 0) is 30.3 Å².